The van der Waals surface area contributed by atoms with E-state index in [1.807, 2.05) is 54.3 Å². The van der Waals surface area contributed by atoms with Crippen molar-refractivity contribution in [3.63, 3.8) is 0 Å². The van der Waals surface area contributed by atoms with Gasteiger partial charge in [-0.2, -0.15) is 0 Å². The van der Waals surface area contributed by atoms with Crippen LogP contribution in [0.2, 0.25) is 0 Å². The third kappa shape index (κ3) is 4.56. The Bertz CT molecular complexity index is 1090. The Labute approximate surface area is 191 Å². The molecule has 2 aliphatic heterocycles. The number of thiazole rings is 1. The molecule has 1 fully saturated rings. The number of aromatic nitrogens is 1. The number of fused-ring (bicyclic) bond motifs is 1. The van der Waals surface area contributed by atoms with Crippen molar-refractivity contribution in [1.29, 1.82) is 0 Å². The van der Waals surface area contributed by atoms with Crippen LogP contribution in [0.3, 0.4) is 0 Å². The number of ether oxygens (including phenoxy) is 3. The van der Waals surface area contributed by atoms with Gasteiger partial charge < -0.3 is 19.1 Å². The summed E-state index contributed by atoms with van der Waals surface area (Å²) in [5, 5.41) is 0.816. The molecule has 32 heavy (non-hydrogen) atoms. The first-order valence-electron chi connectivity index (χ1n) is 10.7. The molecule has 0 unspecified atom stereocenters. The van der Waals surface area contributed by atoms with Crippen LogP contribution in [0.15, 0.2) is 48.5 Å². The van der Waals surface area contributed by atoms with Crippen LogP contribution >= 0.6 is 11.3 Å². The van der Waals surface area contributed by atoms with Crippen LogP contribution in [0.25, 0.3) is 0 Å². The van der Waals surface area contributed by atoms with Crippen molar-refractivity contribution in [3.8, 4) is 17.2 Å². The van der Waals surface area contributed by atoms with E-state index in [4.69, 9.17) is 14.2 Å². The lowest BCUT2D eigenvalue weighted by molar-refractivity contribution is 0.0632. The Morgan fingerprint density at radius 1 is 1.06 bits per heavy atom. The fraction of sp³-hybridized carbons (Fsp3) is 0.333. The van der Waals surface area contributed by atoms with Crippen molar-refractivity contribution in [2.24, 2.45) is 0 Å². The summed E-state index contributed by atoms with van der Waals surface area (Å²) in [5.74, 6) is 2.47. The second-order valence-corrected chi connectivity index (χ2v) is 8.96. The third-order valence-electron chi connectivity index (χ3n) is 5.64. The van der Waals surface area contributed by atoms with Crippen LogP contribution < -0.4 is 14.2 Å². The summed E-state index contributed by atoms with van der Waals surface area (Å²) in [5.41, 5.74) is 1.96. The Morgan fingerprint density at radius 2 is 1.84 bits per heavy atom. The summed E-state index contributed by atoms with van der Waals surface area (Å²) in [6, 6.07) is 15.7. The number of rotatable bonds is 6. The molecule has 0 radical (unpaired) electrons. The van der Waals surface area contributed by atoms with Crippen molar-refractivity contribution < 1.29 is 19.0 Å². The second-order valence-electron chi connectivity index (χ2n) is 7.88. The molecule has 1 amide bonds. The number of carbonyl (C=O) groups excluding carboxylic acids is 1. The van der Waals surface area contributed by atoms with Gasteiger partial charge in [0.2, 0.25) is 6.79 Å². The van der Waals surface area contributed by atoms with Gasteiger partial charge in [0.25, 0.3) is 5.91 Å². The number of hydrogen-bond acceptors (Lipinski definition) is 7. The van der Waals surface area contributed by atoms with Crippen LogP contribution in [0, 0.1) is 6.92 Å². The molecule has 1 saturated heterocycles. The average molecular weight is 452 g/mol. The quantitative estimate of drug-likeness (QED) is 0.569. The van der Waals surface area contributed by atoms with E-state index in [-0.39, 0.29) is 12.7 Å². The van der Waals surface area contributed by atoms with Gasteiger partial charge in [-0.1, -0.05) is 24.3 Å². The molecule has 3 aromatic rings. The zero-order valence-electron chi connectivity index (χ0n) is 18.0. The molecule has 0 atom stereocenters. The number of benzene rings is 2. The summed E-state index contributed by atoms with van der Waals surface area (Å²) in [4.78, 5) is 22.7. The highest BCUT2D eigenvalue weighted by Gasteiger charge is 2.26. The van der Waals surface area contributed by atoms with E-state index >= 15 is 0 Å². The minimum Gasteiger partial charge on any atom is -0.486 e. The van der Waals surface area contributed by atoms with E-state index in [1.54, 1.807) is 0 Å². The molecule has 0 bridgehead atoms. The zero-order valence-corrected chi connectivity index (χ0v) is 18.8. The maximum atomic E-state index is 13.1. The molecular weight excluding hydrogens is 426 g/mol. The van der Waals surface area contributed by atoms with E-state index in [0.29, 0.717) is 24.6 Å². The van der Waals surface area contributed by atoms with E-state index < -0.39 is 0 Å². The molecule has 8 heteroatoms. The molecular formula is C24H25N3O4S. The van der Waals surface area contributed by atoms with Crippen molar-refractivity contribution in [2.75, 3.05) is 33.0 Å². The molecule has 7 nitrogen and oxygen atoms in total. The van der Waals surface area contributed by atoms with Crippen LogP contribution in [0.5, 0.6) is 17.2 Å². The molecule has 5 rings (SSSR count). The topological polar surface area (TPSA) is 64.1 Å². The van der Waals surface area contributed by atoms with Gasteiger partial charge >= 0.3 is 0 Å². The van der Waals surface area contributed by atoms with Crippen molar-refractivity contribution in [3.05, 3.63) is 69.7 Å². The minimum atomic E-state index is 0.0636. The fourth-order valence-electron chi connectivity index (χ4n) is 3.92. The lowest BCUT2D eigenvalue weighted by Gasteiger charge is -2.34. The van der Waals surface area contributed by atoms with Crippen LogP contribution in [-0.4, -0.2) is 53.7 Å². The highest BCUT2D eigenvalue weighted by molar-refractivity contribution is 7.13. The average Bonchev–Trinajstić information content (AvgIpc) is 3.44. The number of piperazine rings is 1. The SMILES string of the molecule is Cc1nc(COc2ccccc2)sc1C(=O)N1CCN(Cc2ccc3c(c2)OCO3)CC1. The van der Waals surface area contributed by atoms with Gasteiger partial charge in [-0.25, -0.2) is 4.98 Å². The first-order chi connectivity index (χ1) is 15.7. The smallest absolute Gasteiger partial charge is 0.265 e. The van der Waals surface area contributed by atoms with E-state index in [2.05, 4.69) is 16.0 Å². The highest BCUT2D eigenvalue weighted by atomic mass is 32.1. The maximum Gasteiger partial charge on any atom is 0.265 e. The molecule has 0 N–H and O–H groups in total. The molecule has 2 aliphatic rings. The predicted octanol–water partition coefficient (Wildman–Crippen LogP) is 3.72. The maximum absolute atomic E-state index is 13.1. The Balaban J connectivity index is 1.15. The zero-order chi connectivity index (χ0) is 21.9. The van der Waals surface area contributed by atoms with Gasteiger partial charge in [0.1, 0.15) is 22.2 Å². The number of hydrogen-bond donors (Lipinski definition) is 0. The van der Waals surface area contributed by atoms with Crippen LogP contribution in [0.4, 0.5) is 0 Å². The Hall–Kier alpha value is -3.10. The predicted molar refractivity (Wildman–Crippen MR) is 121 cm³/mol. The van der Waals surface area contributed by atoms with Gasteiger partial charge in [-0.05, 0) is 36.8 Å². The van der Waals surface area contributed by atoms with E-state index in [1.165, 1.54) is 16.9 Å². The van der Waals surface area contributed by atoms with Crippen molar-refractivity contribution >= 4 is 17.2 Å². The molecule has 0 saturated carbocycles. The molecule has 2 aromatic carbocycles. The summed E-state index contributed by atoms with van der Waals surface area (Å²) >= 11 is 1.43. The van der Waals surface area contributed by atoms with Gasteiger partial charge in [-0.3, -0.25) is 9.69 Å². The van der Waals surface area contributed by atoms with Crippen molar-refractivity contribution in [2.45, 2.75) is 20.1 Å². The molecule has 0 aliphatic carbocycles. The first kappa shape index (κ1) is 20.8. The number of carbonyl (C=O) groups is 1. The van der Waals surface area contributed by atoms with Crippen molar-refractivity contribution in [1.82, 2.24) is 14.8 Å². The van der Waals surface area contributed by atoms with Gasteiger partial charge in [0, 0.05) is 32.7 Å². The first-order valence-corrected chi connectivity index (χ1v) is 11.5. The van der Waals surface area contributed by atoms with E-state index in [9.17, 15) is 4.79 Å². The van der Waals surface area contributed by atoms with E-state index in [0.717, 1.165) is 47.6 Å². The second kappa shape index (κ2) is 9.18. The summed E-state index contributed by atoms with van der Waals surface area (Å²) in [6.45, 7) is 6.46. The minimum absolute atomic E-state index is 0.0636. The van der Waals surface area contributed by atoms with Crippen LogP contribution in [0.1, 0.15) is 25.9 Å². The lowest BCUT2D eigenvalue weighted by atomic mass is 10.1. The monoisotopic (exact) mass is 451 g/mol. The standard InChI is InChI=1S/C24H25N3O4S/c1-17-23(32-22(25-17)15-29-19-5-3-2-4-6-19)24(28)27-11-9-26(10-12-27)14-18-7-8-20-21(13-18)31-16-30-20/h2-8,13H,9-12,14-16H2,1H3. The Morgan fingerprint density at radius 3 is 2.66 bits per heavy atom. The molecule has 166 valence electrons. The molecule has 0 spiro atoms. The van der Waals surface area contributed by atoms with Gasteiger partial charge in [0.05, 0.1) is 5.69 Å². The number of aryl methyl sites for hydroxylation is 1. The summed E-state index contributed by atoms with van der Waals surface area (Å²) < 4.78 is 16.6. The number of para-hydroxylation sites is 1. The number of amides is 1. The normalized spacial score (nSPS) is 15.7. The summed E-state index contributed by atoms with van der Waals surface area (Å²) in [7, 11) is 0. The van der Waals surface area contributed by atoms with Crippen LogP contribution in [-0.2, 0) is 13.2 Å². The Kier molecular flexibility index (Phi) is 5.96. The van der Waals surface area contributed by atoms with Gasteiger partial charge in [0.15, 0.2) is 11.5 Å². The largest absolute Gasteiger partial charge is 0.486 e. The lowest BCUT2D eigenvalue weighted by Crippen LogP contribution is -2.48. The van der Waals surface area contributed by atoms with Gasteiger partial charge in [-0.15, -0.1) is 11.3 Å². The molecule has 1 aromatic heterocycles. The number of nitrogens with zero attached hydrogens (tertiary/aromatic N) is 3. The third-order valence-corrected chi connectivity index (χ3v) is 6.76. The molecule has 3 heterocycles. The highest BCUT2D eigenvalue weighted by Crippen LogP contribution is 2.33. The summed E-state index contributed by atoms with van der Waals surface area (Å²) in [6.07, 6.45) is 0. The fourth-order valence-corrected chi connectivity index (χ4v) is 4.87.